The predicted molar refractivity (Wildman–Crippen MR) is 171 cm³/mol. The van der Waals surface area contributed by atoms with Crippen molar-refractivity contribution < 1.29 is 27.4 Å². The topological polar surface area (TPSA) is 107 Å². The second-order valence-corrected chi connectivity index (χ2v) is 12.4. The SMILES string of the molecule is COc1ccc(N(CC(=O)N/N=C\c2cc(Br)c(OCc3ccccc3)c(OC)c2)S(=O)(=O)c2ccc(C)cc2)cc1Cl. The van der Waals surface area contributed by atoms with Crippen LogP contribution >= 0.6 is 27.5 Å². The van der Waals surface area contributed by atoms with E-state index in [-0.39, 0.29) is 15.6 Å². The van der Waals surface area contributed by atoms with Crippen molar-refractivity contribution in [2.24, 2.45) is 5.10 Å². The van der Waals surface area contributed by atoms with Gasteiger partial charge in [0.1, 0.15) is 18.9 Å². The lowest BCUT2D eigenvalue weighted by molar-refractivity contribution is -0.119. The number of carbonyl (C=O) groups excluding carboxylic acids is 1. The first-order chi connectivity index (χ1) is 20.6. The van der Waals surface area contributed by atoms with Crippen LogP contribution in [-0.4, -0.2) is 41.3 Å². The Bertz CT molecular complexity index is 1720. The molecule has 0 bridgehead atoms. The van der Waals surface area contributed by atoms with Crippen LogP contribution in [0.5, 0.6) is 17.2 Å². The highest BCUT2D eigenvalue weighted by molar-refractivity contribution is 9.10. The molecular formula is C31H29BrClN3O6S. The molecule has 224 valence electrons. The van der Waals surface area contributed by atoms with Crippen LogP contribution in [0.4, 0.5) is 5.69 Å². The quantitative estimate of drug-likeness (QED) is 0.138. The summed E-state index contributed by atoms with van der Waals surface area (Å²) in [6.07, 6.45) is 1.41. The van der Waals surface area contributed by atoms with Crippen molar-refractivity contribution in [2.75, 3.05) is 25.1 Å². The summed E-state index contributed by atoms with van der Waals surface area (Å²) in [7, 11) is -1.17. The number of anilines is 1. The van der Waals surface area contributed by atoms with Gasteiger partial charge in [0.15, 0.2) is 11.5 Å². The van der Waals surface area contributed by atoms with E-state index in [1.165, 1.54) is 50.8 Å². The first-order valence-corrected chi connectivity index (χ1v) is 15.5. The minimum absolute atomic E-state index is 0.0212. The third-order valence-corrected chi connectivity index (χ3v) is 8.87. The summed E-state index contributed by atoms with van der Waals surface area (Å²) < 4.78 is 45.5. The lowest BCUT2D eigenvalue weighted by atomic mass is 10.2. The van der Waals surface area contributed by atoms with E-state index >= 15 is 0 Å². The molecule has 0 heterocycles. The number of rotatable bonds is 12. The molecule has 0 aliphatic carbocycles. The normalized spacial score (nSPS) is 11.3. The zero-order chi connectivity index (χ0) is 31.0. The van der Waals surface area contributed by atoms with Crippen molar-refractivity contribution >= 4 is 55.4 Å². The molecule has 0 fully saturated rings. The van der Waals surface area contributed by atoms with Crippen LogP contribution in [0.25, 0.3) is 0 Å². The molecule has 4 aromatic carbocycles. The number of aryl methyl sites for hydroxylation is 1. The summed E-state index contributed by atoms with van der Waals surface area (Å²) in [6, 6.07) is 24.0. The Morgan fingerprint density at radius 2 is 1.67 bits per heavy atom. The molecule has 43 heavy (non-hydrogen) atoms. The fourth-order valence-electron chi connectivity index (χ4n) is 3.99. The van der Waals surface area contributed by atoms with E-state index in [1.807, 2.05) is 37.3 Å². The molecule has 0 unspecified atom stereocenters. The van der Waals surface area contributed by atoms with E-state index in [2.05, 4.69) is 26.5 Å². The number of nitrogens with zero attached hydrogens (tertiary/aromatic N) is 2. The Morgan fingerprint density at radius 1 is 0.977 bits per heavy atom. The van der Waals surface area contributed by atoms with Gasteiger partial charge in [-0.3, -0.25) is 9.10 Å². The third-order valence-electron chi connectivity index (χ3n) is 6.20. The standard InChI is InChI=1S/C31H29BrClN3O6S/c1-21-9-12-25(13-10-21)43(38,39)36(24-11-14-28(40-2)27(33)17-24)19-30(37)35-34-18-23-15-26(32)31(29(16-23)41-3)42-20-22-7-5-4-6-8-22/h4-18H,19-20H2,1-3H3,(H,35,37)/b34-18-. The molecular weight excluding hydrogens is 658 g/mol. The highest BCUT2D eigenvalue weighted by Gasteiger charge is 2.28. The van der Waals surface area contributed by atoms with E-state index in [1.54, 1.807) is 24.3 Å². The van der Waals surface area contributed by atoms with Gasteiger partial charge in [0, 0.05) is 0 Å². The van der Waals surface area contributed by atoms with Gasteiger partial charge in [0.05, 0.1) is 40.5 Å². The van der Waals surface area contributed by atoms with Crippen molar-refractivity contribution in [3.8, 4) is 17.2 Å². The van der Waals surface area contributed by atoms with Gasteiger partial charge in [0.2, 0.25) is 0 Å². The summed E-state index contributed by atoms with van der Waals surface area (Å²) in [5, 5.41) is 4.22. The van der Waals surface area contributed by atoms with Crippen molar-refractivity contribution in [1.82, 2.24) is 5.43 Å². The zero-order valence-corrected chi connectivity index (χ0v) is 26.7. The molecule has 4 aromatic rings. The maximum Gasteiger partial charge on any atom is 0.264 e. The fourth-order valence-corrected chi connectivity index (χ4v) is 6.23. The number of sulfonamides is 1. The maximum absolute atomic E-state index is 13.6. The number of nitrogens with one attached hydrogen (secondary N) is 1. The van der Waals surface area contributed by atoms with Crippen LogP contribution in [0.3, 0.4) is 0 Å². The molecule has 1 amide bonds. The van der Waals surface area contributed by atoms with Gasteiger partial charge in [-0.05, 0) is 76.4 Å². The van der Waals surface area contributed by atoms with E-state index in [0.717, 1.165) is 15.4 Å². The van der Waals surface area contributed by atoms with Crippen LogP contribution in [-0.2, 0) is 21.4 Å². The number of carbonyl (C=O) groups is 1. The predicted octanol–water partition coefficient (Wildman–Crippen LogP) is 6.35. The second kappa shape index (κ2) is 14.4. The number of hydrogen-bond donors (Lipinski definition) is 1. The molecule has 4 rings (SSSR count). The number of amides is 1. The molecule has 12 heteroatoms. The van der Waals surface area contributed by atoms with Gasteiger partial charge >= 0.3 is 0 Å². The zero-order valence-electron chi connectivity index (χ0n) is 23.6. The summed E-state index contributed by atoms with van der Waals surface area (Å²) in [5.41, 5.74) is 5.08. The van der Waals surface area contributed by atoms with Gasteiger partial charge in [0.25, 0.3) is 15.9 Å². The molecule has 0 aliphatic rings. The molecule has 0 saturated carbocycles. The van der Waals surface area contributed by atoms with Crippen LogP contribution < -0.4 is 23.9 Å². The number of methoxy groups -OCH3 is 2. The molecule has 0 aliphatic heterocycles. The van der Waals surface area contributed by atoms with Crippen molar-refractivity contribution in [1.29, 1.82) is 0 Å². The monoisotopic (exact) mass is 685 g/mol. The molecule has 1 N–H and O–H groups in total. The molecule has 9 nitrogen and oxygen atoms in total. The van der Waals surface area contributed by atoms with E-state index in [0.29, 0.717) is 33.9 Å². The van der Waals surface area contributed by atoms with Gasteiger partial charge in [-0.1, -0.05) is 59.6 Å². The van der Waals surface area contributed by atoms with Crippen molar-refractivity contribution in [3.05, 3.63) is 111 Å². The van der Waals surface area contributed by atoms with Gasteiger partial charge in [-0.2, -0.15) is 5.10 Å². The van der Waals surface area contributed by atoms with Crippen LogP contribution in [0.2, 0.25) is 5.02 Å². The van der Waals surface area contributed by atoms with Crippen LogP contribution in [0, 0.1) is 6.92 Å². The Hall–Kier alpha value is -4.06. The van der Waals surface area contributed by atoms with E-state index in [4.69, 9.17) is 25.8 Å². The minimum Gasteiger partial charge on any atom is -0.495 e. The number of halogens is 2. The summed E-state index contributed by atoms with van der Waals surface area (Å²) >= 11 is 9.79. The smallest absolute Gasteiger partial charge is 0.264 e. The second-order valence-electron chi connectivity index (χ2n) is 9.25. The van der Waals surface area contributed by atoms with Crippen molar-refractivity contribution in [3.63, 3.8) is 0 Å². The first kappa shape index (κ1) is 31.9. The molecule has 0 saturated heterocycles. The molecule has 0 spiro atoms. The Kier molecular flexibility index (Phi) is 10.7. The molecule has 0 radical (unpaired) electrons. The van der Waals surface area contributed by atoms with Crippen molar-refractivity contribution in [2.45, 2.75) is 18.4 Å². The van der Waals surface area contributed by atoms with E-state index in [9.17, 15) is 13.2 Å². The largest absolute Gasteiger partial charge is 0.495 e. The fraction of sp³-hybridized carbons (Fsp3) is 0.161. The summed E-state index contributed by atoms with van der Waals surface area (Å²) in [5.74, 6) is 0.672. The van der Waals surface area contributed by atoms with E-state index < -0.39 is 22.5 Å². The minimum atomic E-state index is -4.14. The highest BCUT2D eigenvalue weighted by Crippen LogP contribution is 2.37. The lowest BCUT2D eigenvalue weighted by Crippen LogP contribution is -2.39. The lowest BCUT2D eigenvalue weighted by Gasteiger charge is -2.24. The van der Waals surface area contributed by atoms with Gasteiger partial charge in [-0.15, -0.1) is 0 Å². The maximum atomic E-state index is 13.6. The number of benzene rings is 4. The average Bonchev–Trinajstić information content (AvgIpc) is 2.99. The number of hydrogen-bond acceptors (Lipinski definition) is 7. The number of hydrazone groups is 1. The molecule has 0 atom stereocenters. The number of ether oxygens (including phenoxy) is 3. The Morgan fingerprint density at radius 3 is 2.33 bits per heavy atom. The Balaban J connectivity index is 1.52. The molecule has 0 aromatic heterocycles. The van der Waals surface area contributed by atoms with Gasteiger partial charge < -0.3 is 14.2 Å². The third kappa shape index (κ3) is 8.07. The first-order valence-electron chi connectivity index (χ1n) is 12.9. The average molecular weight is 687 g/mol. The summed E-state index contributed by atoms with van der Waals surface area (Å²) in [4.78, 5) is 13.0. The Labute approximate surface area is 264 Å². The summed E-state index contributed by atoms with van der Waals surface area (Å²) in [6.45, 7) is 1.64. The van der Waals surface area contributed by atoms with Crippen LogP contribution in [0.15, 0.2) is 99.4 Å². The highest BCUT2D eigenvalue weighted by atomic mass is 79.9. The van der Waals surface area contributed by atoms with Gasteiger partial charge in [-0.25, -0.2) is 13.8 Å². The van der Waals surface area contributed by atoms with Crippen LogP contribution in [0.1, 0.15) is 16.7 Å².